The summed E-state index contributed by atoms with van der Waals surface area (Å²) in [6, 6.07) is 13.9. The van der Waals surface area contributed by atoms with Crippen molar-refractivity contribution in [2.24, 2.45) is 16.6 Å². The van der Waals surface area contributed by atoms with E-state index in [1.165, 1.54) is 0 Å². The second-order valence-corrected chi connectivity index (χ2v) is 8.21. The molecule has 0 unspecified atom stereocenters. The van der Waals surface area contributed by atoms with E-state index in [4.69, 9.17) is 10.5 Å². The molecule has 2 rings (SSSR count). The van der Waals surface area contributed by atoms with E-state index in [1.807, 2.05) is 38.1 Å². The van der Waals surface area contributed by atoms with Gasteiger partial charge in [0.25, 0.3) is 0 Å². The van der Waals surface area contributed by atoms with Crippen LogP contribution in [0, 0.1) is 5.92 Å². The molecule has 0 heterocycles. The molecule has 154 valence electrons. The molecule has 0 saturated carbocycles. The number of aliphatic imine (C=N–C) groups is 1. The van der Waals surface area contributed by atoms with E-state index in [2.05, 4.69) is 15.0 Å². The molecule has 0 aromatic heterocycles. The minimum atomic E-state index is -3.48. The number of hydrogen-bond donors (Lipinski definition) is 3. The number of anilines is 1. The van der Waals surface area contributed by atoms with Crippen molar-refractivity contribution in [2.45, 2.75) is 25.3 Å². The lowest BCUT2D eigenvalue weighted by atomic mass is 10.2. The molecule has 0 atom stereocenters. The number of guanidine groups is 1. The third-order valence-electron chi connectivity index (χ3n) is 3.71. The average Bonchev–Trinajstić information content (AvgIpc) is 2.66. The minimum absolute atomic E-state index is 0. The summed E-state index contributed by atoms with van der Waals surface area (Å²) in [4.78, 5) is 4.51. The summed E-state index contributed by atoms with van der Waals surface area (Å²) < 4.78 is 32.1. The highest BCUT2D eigenvalue weighted by Crippen LogP contribution is 2.15. The Kier molecular flexibility index (Phi) is 9.70. The molecule has 4 N–H and O–H groups in total. The molecule has 28 heavy (non-hydrogen) atoms. The molecule has 0 aliphatic heterocycles. The van der Waals surface area contributed by atoms with Gasteiger partial charge in [0.2, 0.25) is 10.0 Å². The van der Waals surface area contributed by atoms with Crippen LogP contribution in [0.2, 0.25) is 0 Å². The van der Waals surface area contributed by atoms with Crippen LogP contribution in [0.15, 0.2) is 58.4 Å². The predicted octanol–water partition coefficient (Wildman–Crippen LogP) is 3.17. The largest absolute Gasteiger partial charge is 0.497 e. The van der Waals surface area contributed by atoms with Crippen molar-refractivity contribution in [2.75, 3.05) is 19.0 Å². The summed E-state index contributed by atoms with van der Waals surface area (Å²) in [5.41, 5.74) is 7.55. The third kappa shape index (κ3) is 7.64. The highest BCUT2D eigenvalue weighted by Gasteiger charge is 2.13. The number of rotatable bonds is 8. The molecule has 0 amide bonds. The fraction of sp³-hybridized carbons (Fsp3) is 0.316. The highest BCUT2D eigenvalue weighted by atomic mass is 127. The van der Waals surface area contributed by atoms with Crippen molar-refractivity contribution in [1.82, 2.24) is 4.72 Å². The van der Waals surface area contributed by atoms with E-state index >= 15 is 0 Å². The van der Waals surface area contributed by atoms with Crippen LogP contribution in [0.5, 0.6) is 5.75 Å². The quantitative estimate of drug-likeness (QED) is 0.283. The van der Waals surface area contributed by atoms with E-state index in [1.54, 1.807) is 31.4 Å². The SMILES string of the molecule is COc1ccc(NC(N)=NCc2ccc(S(=O)(=O)NCC(C)C)cc2)cc1.I. The predicted molar refractivity (Wildman–Crippen MR) is 124 cm³/mol. The van der Waals surface area contributed by atoms with Gasteiger partial charge in [0.15, 0.2) is 5.96 Å². The van der Waals surface area contributed by atoms with Crippen molar-refractivity contribution < 1.29 is 13.2 Å². The van der Waals surface area contributed by atoms with Crippen molar-refractivity contribution >= 4 is 45.6 Å². The van der Waals surface area contributed by atoms with Crippen LogP contribution in [-0.2, 0) is 16.6 Å². The first kappa shape index (κ1) is 24.2. The van der Waals surface area contributed by atoms with Crippen LogP contribution < -0.4 is 20.5 Å². The molecule has 9 heteroatoms. The van der Waals surface area contributed by atoms with Gasteiger partial charge in [-0.15, -0.1) is 24.0 Å². The number of benzene rings is 2. The van der Waals surface area contributed by atoms with Gasteiger partial charge in [-0.2, -0.15) is 0 Å². The Labute approximate surface area is 183 Å². The van der Waals surface area contributed by atoms with Crippen molar-refractivity contribution in [3.63, 3.8) is 0 Å². The summed E-state index contributed by atoms with van der Waals surface area (Å²) >= 11 is 0. The first-order valence-electron chi connectivity index (χ1n) is 8.60. The number of hydrogen-bond acceptors (Lipinski definition) is 4. The number of nitrogens with two attached hydrogens (primary N) is 1. The lowest BCUT2D eigenvalue weighted by Gasteiger charge is -2.09. The van der Waals surface area contributed by atoms with E-state index in [0.717, 1.165) is 17.0 Å². The second kappa shape index (κ2) is 11.2. The average molecular weight is 518 g/mol. The topological polar surface area (TPSA) is 106 Å². The number of nitrogens with one attached hydrogen (secondary N) is 2. The summed E-state index contributed by atoms with van der Waals surface area (Å²) in [5.74, 6) is 1.28. The van der Waals surface area contributed by atoms with Gasteiger partial charge in [-0.1, -0.05) is 26.0 Å². The van der Waals surface area contributed by atoms with Gasteiger partial charge < -0.3 is 15.8 Å². The Morgan fingerprint density at radius 1 is 1.11 bits per heavy atom. The van der Waals surface area contributed by atoms with Gasteiger partial charge >= 0.3 is 0 Å². The van der Waals surface area contributed by atoms with Crippen LogP contribution in [0.4, 0.5) is 5.69 Å². The zero-order chi connectivity index (χ0) is 19.9. The van der Waals surface area contributed by atoms with E-state index in [9.17, 15) is 8.42 Å². The number of sulfonamides is 1. The Hall–Kier alpha value is -1.85. The highest BCUT2D eigenvalue weighted by molar-refractivity contribution is 14.0. The molecule has 2 aromatic carbocycles. The van der Waals surface area contributed by atoms with Gasteiger partial charge in [-0.3, -0.25) is 0 Å². The number of ether oxygens (including phenoxy) is 1. The lowest BCUT2D eigenvalue weighted by molar-refractivity contribution is 0.415. The molecule has 0 aliphatic rings. The van der Waals surface area contributed by atoms with Gasteiger partial charge in [0.05, 0.1) is 18.6 Å². The molecule has 0 aliphatic carbocycles. The monoisotopic (exact) mass is 518 g/mol. The Balaban J connectivity index is 0.00000392. The minimum Gasteiger partial charge on any atom is -0.497 e. The third-order valence-corrected chi connectivity index (χ3v) is 5.15. The number of nitrogens with zero attached hydrogens (tertiary/aromatic N) is 1. The first-order chi connectivity index (χ1) is 12.8. The molecule has 0 fully saturated rings. The maximum Gasteiger partial charge on any atom is 0.240 e. The van der Waals surface area contributed by atoms with Gasteiger partial charge in [-0.05, 0) is 47.9 Å². The van der Waals surface area contributed by atoms with Gasteiger partial charge in [0.1, 0.15) is 5.75 Å². The van der Waals surface area contributed by atoms with Crippen molar-refractivity contribution in [3.05, 3.63) is 54.1 Å². The summed E-state index contributed by atoms with van der Waals surface area (Å²) in [6.45, 7) is 4.65. The summed E-state index contributed by atoms with van der Waals surface area (Å²) in [6.07, 6.45) is 0. The molecule has 2 aromatic rings. The van der Waals surface area contributed by atoms with E-state index in [0.29, 0.717) is 13.1 Å². The van der Waals surface area contributed by atoms with Crippen molar-refractivity contribution in [3.8, 4) is 5.75 Å². The van der Waals surface area contributed by atoms with Crippen LogP contribution in [0.1, 0.15) is 19.4 Å². The Morgan fingerprint density at radius 2 is 1.71 bits per heavy atom. The van der Waals surface area contributed by atoms with Crippen molar-refractivity contribution in [1.29, 1.82) is 0 Å². The Morgan fingerprint density at radius 3 is 2.25 bits per heavy atom. The molecular formula is C19H27IN4O3S. The van der Waals surface area contributed by atoms with Gasteiger partial charge in [0, 0.05) is 12.2 Å². The first-order valence-corrected chi connectivity index (χ1v) is 10.1. The molecule has 7 nitrogen and oxygen atoms in total. The van der Waals surface area contributed by atoms with Crippen LogP contribution in [-0.4, -0.2) is 28.0 Å². The fourth-order valence-electron chi connectivity index (χ4n) is 2.17. The maximum atomic E-state index is 12.2. The maximum absolute atomic E-state index is 12.2. The smallest absolute Gasteiger partial charge is 0.240 e. The second-order valence-electron chi connectivity index (χ2n) is 6.44. The van der Waals surface area contributed by atoms with Crippen LogP contribution >= 0.6 is 24.0 Å². The van der Waals surface area contributed by atoms with Crippen LogP contribution in [0.25, 0.3) is 0 Å². The molecule has 0 saturated heterocycles. The van der Waals surface area contributed by atoms with Crippen LogP contribution in [0.3, 0.4) is 0 Å². The Bertz CT molecular complexity index is 867. The normalized spacial score (nSPS) is 11.8. The molecule has 0 radical (unpaired) electrons. The number of halogens is 1. The lowest BCUT2D eigenvalue weighted by Crippen LogP contribution is -2.27. The number of methoxy groups -OCH3 is 1. The van der Waals surface area contributed by atoms with E-state index in [-0.39, 0.29) is 40.7 Å². The fourth-order valence-corrected chi connectivity index (χ4v) is 3.39. The molecular weight excluding hydrogens is 491 g/mol. The molecule has 0 bridgehead atoms. The van der Waals surface area contributed by atoms with Gasteiger partial charge in [-0.25, -0.2) is 18.1 Å². The summed E-state index contributed by atoms with van der Waals surface area (Å²) in [5, 5.41) is 2.99. The molecule has 0 spiro atoms. The van der Waals surface area contributed by atoms with E-state index < -0.39 is 10.0 Å². The zero-order valence-corrected chi connectivity index (χ0v) is 19.3. The zero-order valence-electron chi connectivity index (χ0n) is 16.2. The summed E-state index contributed by atoms with van der Waals surface area (Å²) in [7, 11) is -1.88. The standard InChI is InChI=1S/C19H26N4O3S.HI/c1-14(2)12-22-27(24,25)18-10-4-15(5-11-18)13-21-19(20)23-16-6-8-17(26-3)9-7-16;/h4-11,14,22H,12-13H2,1-3H3,(H3,20,21,23);1H.